The first kappa shape index (κ1) is 12.6. The second kappa shape index (κ2) is 5.30. The summed E-state index contributed by atoms with van der Waals surface area (Å²) >= 11 is 3.52. The number of benzene rings is 1. The number of rotatable bonds is 3. The molecule has 1 N–H and O–H groups in total. The lowest BCUT2D eigenvalue weighted by Gasteiger charge is -2.27. The Morgan fingerprint density at radius 3 is 3.11 bits per heavy atom. The molecular formula is C13H14BrN3O2. The first-order chi connectivity index (χ1) is 9.24. The van der Waals surface area contributed by atoms with Crippen molar-refractivity contribution in [2.24, 2.45) is 0 Å². The van der Waals surface area contributed by atoms with Gasteiger partial charge in [-0.05, 0) is 22.0 Å². The van der Waals surface area contributed by atoms with Gasteiger partial charge in [-0.15, -0.1) is 10.2 Å². The SMILES string of the molecule is Cc1nnc(CNC2CCOc3c(Br)cccc32)o1. The summed E-state index contributed by atoms with van der Waals surface area (Å²) in [7, 11) is 0. The standard InChI is InChI=1S/C13H14BrN3O2/c1-8-16-17-12(19-8)7-15-11-5-6-18-13-9(11)3-2-4-10(13)14/h2-4,11,15H,5-7H2,1H3. The third-order valence-corrected chi connectivity index (χ3v) is 3.72. The van der Waals surface area contributed by atoms with Crippen LogP contribution in [0.1, 0.15) is 29.8 Å². The largest absolute Gasteiger partial charge is 0.492 e. The van der Waals surface area contributed by atoms with E-state index < -0.39 is 0 Å². The van der Waals surface area contributed by atoms with Gasteiger partial charge in [0.15, 0.2) is 0 Å². The van der Waals surface area contributed by atoms with Gasteiger partial charge in [-0.2, -0.15) is 0 Å². The van der Waals surface area contributed by atoms with E-state index in [9.17, 15) is 0 Å². The predicted octanol–water partition coefficient (Wildman–Crippen LogP) is 2.75. The molecule has 1 aromatic heterocycles. The highest BCUT2D eigenvalue weighted by Gasteiger charge is 2.23. The van der Waals surface area contributed by atoms with Crippen molar-refractivity contribution in [3.05, 3.63) is 40.0 Å². The lowest BCUT2D eigenvalue weighted by atomic mass is 10.0. The van der Waals surface area contributed by atoms with Crippen molar-refractivity contribution in [2.75, 3.05) is 6.61 Å². The summed E-state index contributed by atoms with van der Waals surface area (Å²) in [6.45, 7) is 3.06. The summed E-state index contributed by atoms with van der Waals surface area (Å²) in [5.74, 6) is 2.13. The zero-order valence-corrected chi connectivity index (χ0v) is 12.1. The quantitative estimate of drug-likeness (QED) is 0.941. The minimum Gasteiger partial charge on any atom is -0.492 e. The Morgan fingerprint density at radius 2 is 2.32 bits per heavy atom. The first-order valence-electron chi connectivity index (χ1n) is 6.17. The topological polar surface area (TPSA) is 60.2 Å². The van der Waals surface area contributed by atoms with Crippen LogP contribution in [0, 0.1) is 6.92 Å². The van der Waals surface area contributed by atoms with Gasteiger partial charge < -0.3 is 14.5 Å². The lowest BCUT2D eigenvalue weighted by molar-refractivity contribution is 0.247. The van der Waals surface area contributed by atoms with Gasteiger partial charge in [-0.1, -0.05) is 12.1 Å². The molecule has 0 saturated heterocycles. The van der Waals surface area contributed by atoms with Gasteiger partial charge in [0.2, 0.25) is 11.8 Å². The van der Waals surface area contributed by atoms with Crippen molar-refractivity contribution in [3.63, 3.8) is 0 Å². The van der Waals surface area contributed by atoms with Crippen molar-refractivity contribution in [1.82, 2.24) is 15.5 Å². The van der Waals surface area contributed by atoms with Gasteiger partial charge in [-0.25, -0.2) is 0 Å². The summed E-state index contributed by atoms with van der Waals surface area (Å²) < 4.78 is 12.1. The molecule has 1 aliphatic rings. The zero-order valence-electron chi connectivity index (χ0n) is 10.5. The van der Waals surface area contributed by atoms with Crippen molar-refractivity contribution in [3.8, 4) is 5.75 Å². The molecule has 1 atom stereocenters. The van der Waals surface area contributed by atoms with E-state index in [1.165, 1.54) is 0 Å². The van der Waals surface area contributed by atoms with E-state index >= 15 is 0 Å². The molecule has 0 radical (unpaired) electrons. The number of hydrogen-bond donors (Lipinski definition) is 1. The Hall–Kier alpha value is -1.40. The molecule has 5 nitrogen and oxygen atoms in total. The highest BCUT2D eigenvalue weighted by Crippen LogP contribution is 2.37. The molecule has 100 valence electrons. The van der Waals surface area contributed by atoms with Crippen LogP contribution in [-0.4, -0.2) is 16.8 Å². The predicted molar refractivity (Wildman–Crippen MR) is 72.9 cm³/mol. The molecule has 2 aromatic rings. The van der Waals surface area contributed by atoms with Gasteiger partial charge in [0.05, 0.1) is 17.6 Å². The number of para-hydroxylation sites is 1. The van der Waals surface area contributed by atoms with Crippen LogP contribution >= 0.6 is 15.9 Å². The highest BCUT2D eigenvalue weighted by molar-refractivity contribution is 9.10. The Balaban J connectivity index is 1.75. The van der Waals surface area contributed by atoms with E-state index in [4.69, 9.17) is 9.15 Å². The summed E-state index contributed by atoms with van der Waals surface area (Å²) in [5.41, 5.74) is 1.16. The highest BCUT2D eigenvalue weighted by atomic mass is 79.9. The second-order valence-corrected chi connectivity index (χ2v) is 5.30. The van der Waals surface area contributed by atoms with E-state index in [0.29, 0.717) is 24.9 Å². The van der Waals surface area contributed by atoms with Crippen LogP contribution in [-0.2, 0) is 6.54 Å². The maximum absolute atomic E-state index is 5.70. The Kier molecular flexibility index (Phi) is 3.52. The normalized spacial score (nSPS) is 17.9. The molecular weight excluding hydrogens is 310 g/mol. The van der Waals surface area contributed by atoms with Gasteiger partial charge in [-0.3, -0.25) is 0 Å². The average Bonchev–Trinajstić information content (AvgIpc) is 2.83. The van der Waals surface area contributed by atoms with E-state index in [1.807, 2.05) is 12.1 Å². The molecule has 0 aliphatic carbocycles. The van der Waals surface area contributed by atoms with Gasteiger partial charge in [0.25, 0.3) is 0 Å². The van der Waals surface area contributed by atoms with Crippen LogP contribution < -0.4 is 10.1 Å². The Bertz CT molecular complexity index is 585. The van der Waals surface area contributed by atoms with E-state index in [-0.39, 0.29) is 6.04 Å². The van der Waals surface area contributed by atoms with Crippen LogP contribution in [0.15, 0.2) is 27.1 Å². The minimum absolute atomic E-state index is 0.244. The molecule has 0 bridgehead atoms. The Labute approximate surface area is 119 Å². The van der Waals surface area contributed by atoms with Crippen molar-refractivity contribution in [2.45, 2.75) is 25.9 Å². The van der Waals surface area contributed by atoms with E-state index in [2.05, 4.69) is 37.5 Å². The fourth-order valence-corrected chi connectivity index (χ4v) is 2.71. The number of nitrogens with zero attached hydrogens (tertiary/aromatic N) is 2. The van der Waals surface area contributed by atoms with Gasteiger partial charge in [0.1, 0.15) is 5.75 Å². The van der Waals surface area contributed by atoms with Gasteiger partial charge >= 0.3 is 0 Å². The molecule has 3 rings (SSSR count). The molecule has 6 heteroatoms. The van der Waals surface area contributed by atoms with Crippen molar-refractivity contribution >= 4 is 15.9 Å². The number of halogens is 1. The summed E-state index contributed by atoms with van der Waals surface area (Å²) in [4.78, 5) is 0. The first-order valence-corrected chi connectivity index (χ1v) is 6.97. The van der Waals surface area contributed by atoms with Gasteiger partial charge in [0, 0.05) is 24.9 Å². The van der Waals surface area contributed by atoms with Crippen molar-refractivity contribution in [1.29, 1.82) is 0 Å². The maximum Gasteiger partial charge on any atom is 0.230 e. The van der Waals surface area contributed by atoms with Crippen LogP contribution in [0.5, 0.6) is 5.75 Å². The van der Waals surface area contributed by atoms with Crippen LogP contribution in [0.4, 0.5) is 0 Å². The number of fused-ring (bicyclic) bond motifs is 1. The van der Waals surface area contributed by atoms with E-state index in [0.717, 1.165) is 22.2 Å². The fourth-order valence-electron chi connectivity index (χ4n) is 2.22. The number of aryl methyl sites for hydroxylation is 1. The fraction of sp³-hybridized carbons (Fsp3) is 0.385. The smallest absolute Gasteiger partial charge is 0.230 e. The summed E-state index contributed by atoms with van der Waals surface area (Å²) in [6, 6.07) is 6.33. The number of aromatic nitrogens is 2. The average molecular weight is 324 g/mol. The molecule has 1 unspecified atom stereocenters. The molecule has 0 fully saturated rings. The molecule has 0 spiro atoms. The van der Waals surface area contributed by atoms with Crippen LogP contribution in [0.2, 0.25) is 0 Å². The zero-order chi connectivity index (χ0) is 13.2. The lowest BCUT2D eigenvalue weighted by Crippen LogP contribution is -2.27. The number of hydrogen-bond acceptors (Lipinski definition) is 5. The molecule has 1 aromatic carbocycles. The van der Waals surface area contributed by atoms with Crippen molar-refractivity contribution < 1.29 is 9.15 Å². The molecule has 19 heavy (non-hydrogen) atoms. The monoisotopic (exact) mass is 323 g/mol. The molecule has 1 aliphatic heterocycles. The summed E-state index contributed by atoms with van der Waals surface area (Å²) in [6.07, 6.45) is 0.927. The molecule has 0 amide bonds. The third-order valence-electron chi connectivity index (χ3n) is 3.09. The molecule has 0 saturated carbocycles. The Morgan fingerprint density at radius 1 is 1.42 bits per heavy atom. The second-order valence-electron chi connectivity index (χ2n) is 4.44. The molecule has 2 heterocycles. The van der Waals surface area contributed by atoms with Crippen LogP contribution in [0.25, 0.3) is 0 Å². The summed E-state index contributed by atoms with van der Waals surface area (Å²) in [5, 5.41) is 11.2. The van der Waals surface area contributed by atoms with E-state index in [1.54, 1.807) is 6.92 Å². The maximum atomic E-state index is 5.70. The number of ether oxygens (including phenoxy) is 1. The number of nitrogens with one attached hydrogen (secondary N) is 1. The van der Waals surface area contributed by atoms with Crippen LogP contribution in [0.3, 0.4) is 0 Å². The minimum atomic E-state index is 0.244. The third kappa shape index (κ3) is 2.64.